The highest BCUT2D eigenvalue weighted by molar-refractivity contribution is 7.92. The minimum Gasteiger partial charge on any atom is -0.314 e. The molecule has 0 amide bonds. The molecule has 2 aliphatic rings. The molecule has 2 atom stereocenters. The van der Waals surface area contributed by atoms with Gasteiger partial charge in [-0.3, -0.25) is 0 Å². The molecule has 1 N–H and O–H groups in total. The summed E-state index contributed by atoms with van der Waals surface area (Å²) in [7, 11) is -2.84. The van der Waals surface area contributed by atoms with E-state index in [9.17, 15) is 8.42 Å². The van der Waals surface area contributed by atoms with Crippen LogP contribution in [0, 0.1) is 5.92 Å². The zero-order chi connectivity index (χ0) is 13.7. The van der Waals surface area contributed by atoms with Crippen LogP contribution in [0.1, 0.15) is 64.7 Å². The van der Waals surface area contributed by atoms with E-state index >= 15 is 0 Å². The minimum atomic E-state index is -2.84. The molecule has 0 saturated heterocycles. The molecule has 0 spiro atoms. The Bertz CT molecular complexity index is 360. The van der Waals surface area contributed by atoms with Crippen molar-refractivity contribution in [3.05, 3.63) is 0 Å². The lowest BCUT2D eigenvalue weighted by molar-refractivity contribution is 0.396. The first-order chi connectivity index (χ1) is 9.13. The average molecular weight is 287 g/mol. The predicted molar refractivity (Wildman–Crippen MR) is 80.1 cm³/mol. The molecule has 2 saturated carbocycles. The highest BCUT2D eigenvalue weighted by Gasteiger charge is 2.31. The maximum atomic E-state index is 12.4. The van der Waals surface area contributed by atoms with Gasteiger partial charge < -0.3 is 5.32 Å². The lowest BCUT2D eigenvalue weighted by Crippen LogP contribution is -2.34. The van der Waals surface area contributed by atoms with Crippen LogP contribution in [0.5, 0.6) is 0 Å². The first kappa shape index (κ1) is 15.3. The van der Waals surface area contributed by atoms with Gasteiger partial charge in [-0.05, 0) is 44.6 Å². The van der Waals surface area contributed by atoms with Gasteiger partial charge >= 0.3 is 0 Å². The molecule has 2 aliphatic carbocycles. The molecular formula is C15H29NO2S. The van der Waals surface area contributed by atoms with Crippen molar-refractivity contribution in [1.82, 2.24) is 5.32 Å². The maximum Gasteiger partial charge on any atom is 0.153 e. The van der Waals surface area contributed by atoms with E-state index in [4.69, 9.17) is 0 Å². The Balaban J connectivity index is 1.83. The lowest BCUT2D eigenvalue weighted by atomic mass is 10.0. The largest absolute Gasteiger partial charge is 0.314 e. The molecule has 112 valence electrons. The maximum absolute atomic E-state index is 12.4. The molecule has 0 aromatic rings. The highest BCUT2D eigenvalue weighted by atomic mass is 32.2. The van der Waals surface area contributed by atoms with E-state index in [2.05, 4.69) is 12.2 Å². The van der Waals surface area contributed by atoms with Crippen molar-refractivity contribution in [2.24, 2.45) is 5.92 Å². The van der Waals surface area contributed by atoms with E-state index in [0.717, 1.165) is 38.6 Å². The van der Waals surface area contributed by atoms with Crippen molar-refractivity contribution < 1.29 is 8.42 Å². The second kappa shape index (κ2) is 7.07. The normalized spacial score (nSPS) is 29.7. The minimum absolute atomic E-state index is 0.0276. The average Bonchev–Trinajstić information content (AvgIpc) is 2.86. The quantitative estimate of drug-likeness (QED) is 0.817. The van der Waals surface area contributed by atoms with Gasteiger partial charge in [0.1, 0.15) is 0 Å². The number of rotatable bonds is 6. The summed E-state index contributed by atoms with van der Waals surface area (Å²) in [5, 5.41) is 3.49. The van der Waals surface area contributed by atoms with Gasteiger partial charge in [-0.2, -0.15) is 0 Å². The van der Waals surface area contributed by atoms with Crippen LogP contribution in [0.25, 0.3) is 0 Å². The molecule has 0 radical (unpaired) electrons. The molecular weight excluding hydrogens is 258 g/mol. The van der Waals surface area contributed by atoms with Crippen molar-refractivity contribution in [2.45, 2.75) is 76.0 Å². The Labute approximate surface area is 118 Å². The Morgan fingerprint density at radius 1 is 1.00 bits per heavy atom. The summed E-state index contributed by atoms with van der Waals surface area (Å²) < 4.78 is 24.8. The smallest absolute Gasteiger partial charge is 0.153 e. The third-order valence-electron chi connectivity index (χ3n) is 4.96. The highest BCUT2D eigenvalue weighted by Crippen LogP contribution is 2.30. The SMILES string of the molecule is CCNC1CCCC1CCS(=O)(=O)C1CCCCC1. The van der Waals surface area contributed by atoms with Crippen LogP contribution < -0.4 is 5.32 Å². The molecule has 2 rings (SSSR count). The summed E-state index contributed by atoms with van der Waals surface area (Å²) in [5.74, 6) is 1.00. The van der Waals surface area contributed by atoms with Crippen LogP contribution in [0.4, 0.5) is 0 Å². The van der Waals surface area contributed by atoms with E-state index in [1.165, 1.54) is 25.7 Å². The van der Waals surface area contributed by atoms with Gasteiger partial charge in [0.25, 0.3) is 0 Å². The number of nitrogens with one attached hydrogen (secondary N) is 1. The van der Waals surface area contributed by atoms with Crippen molar-refractivity contribution in [3.63, 3.8) is 0 Å². The topological polar surface area (TPSA) is 46.2 Å². The van der Waals surface area contributed by atoms with Crippen molar-refractivity contribution in [1.29, 1.82) is 0 Å². The number of hydrogen-bond acceptors (Lipinski definition) is 3. The molecule has 0 bridgehead atoms. The first-order valence-electron chi connectivity index (χ1n) is 8.08. The van der Waals surface area contributed by atoms with Gasteiger partial charge in [-0.25, -0.2) is 8.42 Å². The molecule has 0 aromatic carbocycles. The Kier molecular flexibility index (Phi) is 5.70. The monoisotopic (exact) mass is 287 g/mol. The van der Waals surface area contributed by atoms with E-state index in [0.29, 0.717) is 17.7 Å². The van der Waals surface area contributed by atoms with E-state index in [-0.39, 0.29) is 5.25 Å². The number of hydrogen-bond donors (Lipinski definition) is 1. The third-order valence-corrected chi connectivity index (χ3v) is 7.25. The summed E-state index contributed by atoms with van der Waals surface area (Å²) in [4.78, 5) is 0. The Hall–Kier alpha value is -0.0900. The zero-order valence-corrected chi connectivity index (χ0v) is 13.1. The predicted octanol–water partition coefficient (Wildman–Crippen LogP) is 2.90. The summed E-state index contributed by atoms with van der Waals surface area (Å²) in [6.07, 6.45) is 9.80. The van der Waals surface area contributed by atoms with Crippen molar-refractivity contribution in [2.75, 3.05) is 12.3 Å². The summed E-state index contributed by atoms with van der Waals surface area (Å²) in [6.45, 7) is 3.13. The van der Waals surface area contributed by atoms with Crippen molar-refractivity contribution in [3.8, 4) is 0 Å². The van der Waals surface area contributed by atoms with Gasteiger partial charge in [-0.1, -0.05) is 32.6 Å². The van der Waals surface area contributed by atoms with Gasteiger partial charge in [0, 0.05) is 6.04 Å². The fraction of sp³-hybridized carbons (Fsp3) is 1.00. The Morgan fingerprint density at radius 3 is 2.42 bits per heavy atom. The molecule has 4 heteroatoms. The van der Waals surface area contributed by atoms with Crippen LogP contribution in [-0.4, -0.2) is 32.0 Å². The summed E-state index contributed by atoms with van der Waals surface area (Å²) in [5.41, 5.74) is 0. The molecule has 3 nitrogen and oxygen atoms in total. The molecule has 0 aliphatic heterocycles. The fourth-order valence-corrected chi connectivity index (χ4v) is 5.84. The zero-order valence-electron chi connectivity index (χ0n) is 12.2. The van der Waals surface area contributed by atoms with E-state index in [1.807, 2.05) is 0 Å². The molecule has 2 fully saturated rings. The lowest BCUT2D eigenvalue weighted by Gasteiger charge is -2.24. The third kappa shape index (κ3) is 4.19. The molecule has 19 heavy (non-hydrogen) atoms. The second-order valence-corrected chi connectivity index (χ2v) is 8.67. The van der Waals surface area contributed by atoms with Crippen LogP contribution >= 0.6 is 0 Å². The van der Waals surface area contributed by atoms with Crippen LogP contribution in [0.2, 0.25) is 0 Å². The van der Waals surface area contributed by atoms with Crippen LogP contribution in [0.3, 0.4) is 0 Å². The van der Waals surface area contributed by atoms with Gasteiger partial charge in [0.15, 0.2) is 9.84 Å². The number of sulfone groups is 1. The summed E-state index contributed by atoms with van der Waals surface area (Å²) in [6, 6.07) is 0.562. The van der Waals surface area contributed by atoms with Gasteiger partial charge in [0.05, 0.1) is 11.0 Å². The van der Waals surface area contributed by atoms with E-state index < -0.39 is 9.84 Å². The first-order valence-corrected chi connectivity index (χ1v) is 9.80. The van der Waals surface area contributed by atoms with Gasteiger partial charge in [-0.15, -0.1) is 0 Å². The van der Waals surface area contributed by atoms with Crippen LogP contribution in [0.15, 0.2) is 0 Å². The Morgan fingerprint density at radius 2 is 1.74 bits per heavy atom. The van der Waals surface area contributed by atoms with Crippen molar-refractivity contribution >= 4 is 9.84 Å². The van der Waals surface area contributed by atoms with Gasteiger partial charge in [0.2, 0.25) is 0 Å². The molecule has 2 unspecified atom stereocenters. The van der Waals surface area contributed by atoms with E-state index in [1.54, 1.807) is 0 Å². The van der Waals surface area contributed by atoms with Crippen LogP contribution in [-0.2, 0) is 9.84 Å². The molecule has 0 heterocycles. The fourth-order valence-electron chi connectivity index (χ4n) is 3.82. The second-order valence-electron chi connectivity index (χ2n) is 6.27. The standard InChI is InChI=1S/C15H29NO2S/c1-2-16-15-10-6-7-13(15)11-12-19(17,18)14-8-4-3-5-9-14/h13-16H,2-12H2,1H3. The summed E-state index contributed by atoms with van der Waals surface area (Å²) >= 11 is 0. The molecule has 0 aromatic heterocycles.